The normalized spacial score (nSPS) is 15.3. The van der Waals surface area contributed by atoms with E-state index in [0.29, 0.717) is 5.92 Å². The lowest BCUT2D eigenvalue weighted by atomic mass is 9.75. The van der Waals surface area contributed by atoms with Gasteiger partial charge in [0.05, 0.1) is 11.3 Å². The second kappa shape index (κ2) is 11.5. The standard InChI is InChI=1S/C19H36O4/c1-5-16(6-2)14-19(4,18(22)23)13-11-9-7-8-10-12-15(3)17(20)21/h15-16H,5-14H2,1-4H3,(H,20,21)(H,22,23). The Bertz CT molecular complexity index is 349. The van der Waals surface area contributed by atoms with Crippen molar-refractivity contribution in [3.63, 3.8) is 0 Å². The first-order valence-corrected chi connectivity index (χ1v) is 9.23. The summed E-state index contributed by atoms with van der Waals surface area (Å²) in [6.45, 7) is 7.91. The van der Waals surface area contributed by atoms with E-state index in [-0.39, 0.29) is 5.92 Å². The Balaban J connectivity index is 4.01. The Kier molecular flexibility index (Phi) is 10.9. The Labute approximate surface area is 141 Å². The molecular formula is C19H36O4. The van der Waals surface area contributed by atoms with Crippen LogP contribution in [-0.2, 0) is 9.59 Å². The molecule has 0 saturated carbocycles. The summed E-state index contributed by atoms with van der Waals surface area (Å²) >= 11 is 0. The van der Waals surface area contributed by atoms with E-state index in [1.165, 1.54) is 0 Å². The van der Waals surface area contributed by atoms with Crippen LogP contribution < -0.4 is 0 Å². The Morgan fingerprint density at radius 3 is 1.96 bits per heavy atom. The van der Waals surface area contributed by atoms with Gasteiger partial charge >= 0.3 is 11.9 Å². The lowest BCUT2D eigenvalue weighted by Gasteiger charge is -2.29. The first-order chi connectivity index (χ1) is 10.8. The van der Waals surface area contributed by atoms with Crippen LogP contribution in [0.2, 0.25) is 0 Å². The highest BCUT2D eigenvalue weighted by Crippen LogP contribution is 2.35. The molecule has 2 atom stereocenters. The molecule has 0 spiro atoms. The maximum absolute atomic E-state index is 11.6. The third kappa shape index (κ3) is 8.97. The molecule has 2 N–H and O–H groups in total. The fourth-order valence-electron chi connectivity index (χ4n) is 3.13. The highest BCUT2D eigenvalue weighted by molar-refractivity contribution is 5.74. The Morgan fingerprint density at radius 1 is 0.957 bits per heavy atom. The average molecular weight is 328 g/mol. The molecule has 0 saturated heterocycles. The van der Waals surface area contributed by atoms with Crippen LogP contribution in [0, 0.1) is 17.3 Å². The van der Waals surface area contributed by atoms with Gasteiger partial charge in [0.1, 0.15) is 0 Å². The van der Waals surface area contributed by atoms with Gasteiger partial charge in [-0.15, -0.1) is 0 Å². The molecular weight excluding hydrogens is 292 g/mol. The molecule has 0 rings (SSSR count). The van der Waals surface area contributed by atoms with Gasteiger partial charge in [0.2, 0.25) is 0 Å². The van der Waals surface area contributed by atoms with E-state index in [0.717, 1.165) is 64.2 Å². The number of hydrogen-bond acceptors (Lipinski definition) is 2. The predicted octanol–water partition coefficient (Wildman–Crippen LogP) is 5.36. The van der Waals surface area contributed by atoms with Crippen LogP contribution in [0.25, 0.3) is 0 Å². The van der Waals surface area contributed by atoms with E-state index in [2.05, 4.69) is 13.8 Å². The van der Waals surface area contributed by atoms with Gasteiger partial charge in [-0.05, 0) is 32.1 Å². The highest BCUT2D eigenvalue weighted by Gasteiger charge is 2.34. The molecule has 0 fully saturated rings. The minimum Gasteiger partial charge on any atom is -0.481 e. The molecule has 0 heterocycles. The predicted molar refractivity (Wildman–Crippen MR) is 93.6 cm³/mol. The fourth-order valence-corrected chi connectivity index (χ4v) is 3.13. The van der Waals surface area contributed by atoms with Crippen molar-refractivity contribution in [2.24, 2.45) is 17.3 Å². The molecule has 0 aromatic rings. The number of carboxylic acids is 2. The first-order valence-electron chi connectivity index (χ1n) is 9.23. The van der Waals surface area contributed by atoms with E-state index >= 15 is 0 Å². The van der Waals surface area contributed by atoms with Gasteiger partial charge in [-0.2, -0.15) is 0 Å². The molecule has 4 heteroatoms. The summed E-state index contributed by atoms with van der Waals surface area (Å²) in [6.07, 6.45) is 9.35. The lowest BCUT2D eigenvalue weighted by molar-refractivity contribution is -0.149. The van der Waals surface area contributed by atoms with Gasteiger partial charge in [0, 0.05) is 0 Å². The van der Waals surface area contributed by atoms with Gasteiger partial charge in [-0.25, -0.2) is 0 Å². The van der Waals surface area contributed by atoms with Crippen molar-refractivity contribution in [2.75, 3.05) is 0 Å². The SMILES string of the molecule is CCC(CC)CC(C)(CCCCCCCC(C)C(=O)O)C(=O)O. The number of carboxylic acid groups (broad SMARTS) is 2. The third-order valence-electron chi connectivity index (χ3n) is 5.20. The summed E-state index contributed by atoms with van der Waals surface area (Å²) in [4.78, 5) is 22.4. The van der Waals surface area contributed by atoms with Crippen LogP contribution in [0.1, 0.15) is 91.9 Å². The summed E-state index contributed by atoms with van der Waals surface area (Å²) < 4.78 is 0. The maximum atomic E-state index is 11.6. The molecule has 2 unspecified atom stereocenters. The number of aliphatic carboxylic acids is 2. The number of unbranched alkanes of at least 4 members (excludes halogenated alkanes) is 4. The molecule has 0 amide bonds. The molecule has 4 nitrogen and oxygen atoms in total. The van der Waals surface area contributed by atoms with Gasteiger partial charge in [-0.1, -0.05) is 65.7 Å². The molecule has 0 aliphatic carbocycles. The zero-order chi connectivity index (χ0) is 17.9. The molecule has 0 aliphatic rings. The van der Waals surface area contributed by atoms with Crippen LogP contribution in [0.3, 0.4) is 0 Å². The Hall–Kier alpha value is -1.06. The van der Waals surface area contributed by atoms with Crippen molar-refractivity contribution in [3.05, 3.63) is 0 Å². The van der Waals surface area contributed by atoms with Gasteiger partial charge in [0.25, 0.3) is 0 Å². The van der Waals surface area contributed by atoms with Crippen molar-refractivity contribution in [2.45, 2.75) is 91.9 Å². The zero-order valence-corrected chi connectivity index (χ0v) is 15.4. The first kappa shape index (κ1) is 21.9. The highest BCUT2D eigenvalue weighted by atomic mass is 16.4. The minimum atomic E-state index is -0.719. The number of rotatable bonds is 14. The van der Waals surface area contributed by atoms with Crippen LogP contribution in [0.5, 0.6) is 0 Å². The van der Waals surface area contributed by atoms with Gasteiger partial charge in [-0.3, -0.25) is 9.59 Å². The van der Waals surface area contributed by atoms with Crippen LogP contribution >= 0.6 is 0 Å². The van der Waals surface area contributed by atoms with Crippen molar-refractivity contribution >= 4 is 11.9 Å². The quantitative estimate of drug-likeness (QED) is 0.421. The monoisotopic (exact) mass is 328 g/mol. The molecule has 23 heavy (non-hydrogen) atoms. The second-order valence-corrected chi connectivity index (χ2v) is 7.30. The van der Waals surface area contributed by atoms with Crippen LogP contribution in [0.15, 0.2) is 0 Å². The van der Waals surface area contributed by atoms with Crippen LogP contribution in [0.4, 0.5) is 0 Å². The minimum absolute atomic E-state index is 0.259. The molecule has 0 radical (unpaired) electrons. The third-order valence-corrected chi connectivity index (χ3v) is 5.20. The lowest BCUT2D eigenvalue weighted by Crippen LogP contribution is -2.30. The summed E-state index contributed by atoms with van der Waals surface area (Å²) in [5, 5.41) is 18.4. The van der Waals surface area contributed by atoms with E-state index in [4.69, 9.17) is 5.11 Å². The van der Waals surface area contributed by atoms with E-state index < -0.39 is 17.4 Å². The summed E-state index contributed by atoms with van der Waals surface area (Å²) in [5.41, 5.74) is -0.603. The second-order valence-electron chi connectivity index (χ2n) is 7.30. The summed E-state index contributed by atoms with van der Waals surface area (Å²) in [5.74, 6) is -1.15. The van der Waals surface area contributed by atoms with Crippen molar-refractivity contribution < 1.29 is 19.8 Å². The maximum Gasteiger partial charge on any atom is 0.309 e. The van der Waals surface area contributed by atoms with E-state index in [1.807, 2.05) is 6.92 Å². The van der Waals surface area contributed by atoms with E-state index in [1.54, 1.807) is 6.92 Å². The summed E-state index contributed by atoms with van der Waals surface area (Å²) in [6, 6.07) is 0. The molecule has 0 bridgehead atoms. The fraction of sp³-hybridized carbons (Fsp3) is 0.895. The molecule has 0 aliphatic heterocycles. The van der Waals surface area contributed by atoms with E-state index in [9.17, 15) is 14.7 Å². The molecule has 136 valence electrons. The van der Waals surface area contributed by atoms with Crippen LogP contribution in [-0.4, -0.2) is 22.2 Å². The number of carbonyl (C=O) groups is 2. The smallest absolute Gasteiger partial charge is 0.309 e. The molecule has 0 aromatic carbocycles. The summed E-state index contributed by atoms with van der Waals surface area (Å²) in [7, 11) is 0. The average Bonchev–Trinajstić information content (AvgIpc) is 2.51. The van der Waals surface area contributed by atoms with Crippen molar-refractivity contribution in [1.29, 1.82) is 0 Å². The Morgan fingerprint density at radius 2 is 1.48 bits per heavy atom. The van der Waals surface area contributed by atoms with Crippen molar-refractivity contribution in [3.8, 4) is 0 Å². The largest absolute Gasteiger partial charge is 0.481 e. The zero-order valence-electron chi connectivity index (χ0n) is 15.4. The van der Waals surface area contributed by atoms with Gasteiger partial charge < -0.3 is 10.2 Å². The molecule has 0 aromatic heterocycles. The topological polar surface area (TPSA) is 74.6 Å². The van der Waals surface area contributed by atoms with Crippen molar-refractivity contribution in [1.82, 2.24) is 0 Å². The van der Waals surface area contributed by atoms with Gasteiger partial charge in [0.15, 0.2) is 0 Å². The number of hydrogen-bond donors (Lipinski definition) is 2.